The molecule has 0 radical (unpaired) electrons. The van der Waals surface area contributed by atoms with Crippen molar-refractivity contribution in [1.82, 2.24) is 15.6 Å². The predicted molar refractivity (Wildman–Crippen MR) is 136 cm³/mol. The maximum Gasteiger partial charge on any atom is 0.416 e. The second kappa shape index (κ2) is 11.7. The van der Waals surface area contributed by atoms with E-state index in [9.17, 15) is 22.8 Å². The lowest BCUT2D eigenvalue weighted by molar-refractivity contribution is -0.137. The van der Waals surface area contributed by atoms with Crippen molar-refractivity contribution in [3.63, 3.8) is 0 Å². The van der Waals surface area contributed by atoms with Crippen molar-refractivity contribution in [1.29, 1.82) is 0 Å². The molecule has 196 valence electrons. The number of hydrazine groups is 1. The van der Waals surface area contributed by atoms with Gasteiger partial charge in [-0.2, -0.15) is 13.2 Å². The van der Waals surface area contributed by atoms with Crippen LogP contribution in [0.2, 0.25) is 0 Å². The number of fused-ring (bicyclic) bond motifs is 1. The summed E-state index contributed by atoms with van der Waals surface area (Å²) >= 11 is 0. The van der Waals surface area contributed by atoms with Gasteiger partial charge in [-0.25, -0.2) is 5.84 Å². The van der Waals surface area contributed by atoms with E-state index in [4.69, 9.17) is 11.6 Å². The zero-order valence-corrected chi connectivity index (χ0v) is 20.5. The molecule has 2 amide bonds. The Labute approximate surface area is 212 Å². The van der Waals surface area contributed by atoms with E-state index in [0.29, 0.717) is 17.6 Å². The number of carbonyl (C=O) groups excluding carboxylic acids is 2. The number of nitrogens with two attached hydrogens (primary N) is 2. The molecule has 2 aromatic rings. The van der Waals surface area contributed by atoms with Gasteiger partial charge in [-0.15, -0.1) is 0 Å². The third-order valence-corrected chi connectivity index (χ3v) is 5.92. The molecule has 1 aliphatic carbocycles. The Balaban J connectivity index is 1.53. The van der Waals surface area contributed by atoms with E-state index in [0.717, 1.165) is 28.8 Å². The minimum absolute atomic E-state index is 0.178. The number of allylic oxidation sites excluding steroid dienone is 1. The van der Waals surface area contributed by atoms with Crippen LogP contribution in [0, 0.1) is 0 Å². The van der Waals surface area contributed by atoms with Gasteiger partial charge in [0, 0.05) is 38.0 Å². The highest BCUT2D eigenvalue weighted by Gasteiger charge is 2.30. The Hall–Kier alpha value is -4.12. The highest BCUT2D eigenvalue weighted by Crippen LogP contribution is 2.32. The van der Waals surface area contributed by atoms with Gasteiger partial charge in [-0.3, -0.25) is 14.6 Å². The molecule has 11 heteroatoms. The summed E-state index contributed by atoms with van der Waals surface area (Å²) in [6, 6.07) is 11.4. The van der Waals surface area contributed by atoms with Crippen molar-refractivity contribution >= 4 is 23.6 Å². The normalized spacial score (nSPS) is 14.5. The summed E-state index contributed by atoms with van der Waals surface area (Å²) in [6.45, 7) is 2.31. The molecule has 37 heavy (non-hydrogen) atoms. The molecule has 8 nitrogen and oxygen atoms in total. The van der Waals surface area contributed by atoms with Crippen LogP contribution >= 0.6 is 0 Å². The van der Waals surface area contributed by atoms with Crippen LogP contribution in [0.1, 0.15) is 35.2 Å². The summed E-state index contributed by atoms with van der Waals surface area (Å²) in [5.41, 5.74) is 9.04. The molecule has 2 aromatic carbocycles. The topological polar surface area (TPSA) is 126 Å². The van der Waals surface area contributed by atoms with Crippen molar-refractivity contribution in [3.8, 4) is 0 Å². The summed E-state index contributed by atoms with van der Waals surface area (Å²) in [5, 5.41) is 6.59. The molecule has 1 aliphatic rings. The SMILES string of the molecule is CN=CC(NC(=O)/C(N)=C/N(N)CCNC(=O)C1=C(C)c2ccccc2C1)c1ccc(C(F)(F)F)cc1. The number of carbonyl (C=O) groups is 2. The Morgan fingerprint density at radius 2 is 1.84 bits per heavy atom. The molecule has 1 atom stereocenters. The van der Waals surface area contributed by atoms with Gasteiger partial charge in [0.2, 0.25) is 5.91 Å². The molecule has 0 aliphatic heterocycles. The van der Waals surface area contributed by atoms with Gasteiger partial charge in [0.05, 0.1) is 18.2 Å². The van der Waals surface area contributed by atoms with Crippen LogP contribution in [0.25, 0.3) is 5.57 Å². The zero-order chi connectivity index (χ0) is 27.2. The van der Waals surface area contributed by atoms with Crippen molar-refractivity contribution < 1.29 is 22.8 Å². The molecule has 1 unspecified atom stereocenters. The number of hydrogen-bond acceptors (Lipinski definition) is 6. The number of amides is 2. The fourth-order valence-electron chi connectivity index (χ4n) is 3.94. The highest BCUT2D eigenvalue weighted by atomic mass is 19.4. The van der Waals surface area contributed by atoms with Crippen molar-refractivity contribution in [2.75, 3.05) is 20.1 Å². The second-order valence-electron chi connectivity index (χ2n) is 8.49. The first-order valence-corrected chi connectivity index (χ1v) is 11.5. The molecule has 0 bridgehead atoms. The minimum atomic E-state index is -4.47. The Bertz CT molecular complexity index is 1240. The smallest absolute Gasteiger partial charge is 0.393 e. The van der Waals surface area contributed by atoms with E-state index < -0.39 is 23.7 Å². The number of rotatable bonds is 9. The summed E-state index contributed by atoms with van der Waals surface area (Å²) in [7, 11) is 1.47. The van der Waals surface area contributed by atoms with Crippen molar-refractivity contribution in [3.05, 3.63) is 88.3 Å². The third kappa shape index (κ3) is 6.98. The van der Waals surface area contributed by atoms with Crippen LogP contribution in [0.3, 0.4) is 0 Å². The minimum Gasteiger partial charge on any atom is -0.393 e. The van der Waals surface area contributed by atoms with Crippen LogP contribution in [-0.2, 0) is 22.2 Å². The van der Waals surface area contributed by atoms with E-state index in [1.54, 1.807) is 0 Å². The predicted octanol–water partition coefficient (Wildman–Crippen LogP) is 2.69. The number of alkyl halides is 3. The number of halogens is 3. The zero-order valence-electron chi connectivity index (χ0n) is 20.5. The monoisotopic (exact) mass is 514 g/mol. The van der Waals surface area contributed by atoms with Gasteiger partial charge in [0.1, 0.15) is 5.70 Å². The molecule has 0 heterocycles. The first kappa shape index (κ1) is 27.5. The van der Waals surface area contributed by atoms with Crippen molar-refractivity contribution in [2.45, 2.75) is 25.6 Å². The molecule has 0 saturated carbocycles. The molecular formula is C26H29F3N6O2. The van der Waals surface area contributed by atoms with Crippen molar-refractivity contribution in [2.24, 2.45) is 16.6 Å². The van der Waals surface area contributed by atoms with E-state index >= 15 is 0 Å². The number of benzene rings is 2. The molecule has 0 spiro atoms. The lowest BCUT2D eigenvalue weighted by Crippen LogP contribution is -2.39. The first-order chi connectivity index (χ1) is 17.5. The van der Waals surface area contributed by atoms with Crippen LogP contribution in [0.15, 0.2) is 71.0 Å². The largest absolute Gasteiger partial charge is 0.416 e. The summed E-state index contributed by atoms with van der Waals surface area (Å²) in [6.07, 6.45) is -1.31. The van der Waals surface area contributed by atoms with E-state index in [1.807, 2.05) is 31.2 Å². The lowest BCUT2D eigenvalue weighted by Gasteiger charge is -2.18. The quantitative estimate of drug-likeness (QED) is 0.177. The average Bonchev–Trinajstić information content (AvgIpc) is 3.19. The summed E-state index contributed by atoms with van der Waals surface area (Å²) in [4.78, 5) is 29.0. The van der Waals surface area contributed by atoms with Gasteiger partial charge in [-0.05, 0) is 41.3 Å². The third-order valence-electron chi connectivity index (χ3n) is 5.92. The standard InChI is InChI=1S/C26H29F3N6O2/c1-16-20-6-4-3-5-18(20)13-21(16)24(36)33-11-12-35(31)15-22(30)25(37)34-23(14-32-2)17-7-9-19(10-8-17)26(27,28)29/h3-10,14-15,23H,11-13,30-31H2,1-2H3,(H,33,36)(H,34,37)/b22-15-,32-14?. The molecule has 3 rings (SSSR count). The number of aliphatic imine (C=N–C) groups is 1. The van der Waals surface area contributed by atoms with Gasteiger partial charge < -0.3 is 21.4 Å². The maximum atomic E-state index is 12.8. The Morgan fingerprint density at radius 3 is 2.46 bits per heavy atom. The Morgan fingerprint density at radius 1 is 1.16 bits per heavy atom. The molecule has 6 N–H and O–H groups in total. The number of nitrogens with zero attached hydrogens (tertiary/aromatic N) is 2. The first-order valence-electron chi connectivity index (χ1n) is 11.5. The highest BCUT2D eigenvalue weighted by molar-refractivity contribution is 6.03. The van der Waals surface area contributed by atoms with Gasteiger partial charge in [0.25, 0.3) is 5.91 Å². The second-order valence-corrected chi connectivity index (χ2v) is 8.49. The number of hydrogen-bond donors (Lipinski definition) is 4. The molecule has 0 aromatic heterocycles. The average molecular weight is 515 g/mol. The fourth-order valence-corrected chi connectivity index (χ4v) is 3.94. The molecular weight excluding hydrogens is 485 g/mol. The maximum absolute atomic E-state index is 12.8. The summed E-state index contributed by atoms with van der Waals surface area (Å²) < 4.78 is 38.5. The van der Waals surface area contributed by atoms with Crippen LogP contribution in [0.5, 0.6) is 0 Å². The van der Waals surface area contributed by atoms with Crippen LogP contribution < -0.4 is 22.2 Å². The molecule has 0 saturated heterocycles. The van der Waals surface area contributed by atoms with E-state index in [2.05, 4.69) is 15.6 Å². The lowest BCUT2D eigenvalue weighted by atomic mass is 10.1. The van der Waals surface area contributed by atoms with Gasteiger partial charge in [-0.1, -0.05) is 36.4 Å². The van der Waals surface area contributed by atoms with Crippen LogP contribution in [0.4, 0.5) is 13.2 Å². The van der Waals surface area contributed by atoms with Crippen LogP contribution in [-0.4, -0.2) is 43.2 Å². The van der Waals surface area contributed by atoms with Gasteiger partial charge >= 0.3 is 6.18 Å². The molecule has 0 fully saturated rings. The van der Waals surface area contributed by atoms with E-state index in [1.165, 1.54) is 36.6 Å². The Kier molecular flexibility index (Phi) is 8.72. The summed E-state index contributed by atoms with van der Waals surface area (Å²) in [5.74, 6) is 5.04. The van der Waals surface area contributed by atoms with E-state index in [-0.39, 0.29) is 24.7 Å². The number of nitrogens with one attached hydrogen (secondary N) is 2. The van der Waals surface area contributed by atoms with Gasteiger partial charge in [0.15, 0.2) is 0 Å². The fraction of sp³-hybridized carbons (Fsp3) is 0.269.